The number of carbonyl (C=O) groups excluding carboxylic acids is 1. The van der Waals surface area contributed by atoms with E-state index in [-0.39, 0.29) is 6.03 Å². The zero-order chi connectivity index (χ0) is 12.8. The molecule has 1 fully saturated rings. The minimum Gasteiger partial charge on any atom is -0.335 e. The van der Waals surface area contributed by atoms with E-state index in [4.69, 9.17) is 0 Å². The average Bonchev–Trinajstić information content (AvgIpc) is 2.31. The lowest BCUT2D eigenvalue weighted by Crippen LogP contribution is -2.49. The third kappa shape index (κ3) is 3.90. The van der Waals surface area contributed by atoms with E-state index >= 15 is 0 Å². The molecule has 100 valence electrons. The highest BCUT2D eigenvalue weighted by molar-refractivity contribution is 5.74. The van der Waals surface area contributed by atoms with E-state index < -0.39 is 0 Å². The zero-order valence-electron chi connectivity index (χ0n) is 11.8. The molecule has 2 unspecified atom stereocenters. The number of amides is 2. The van der Waals surface area contributed by atoms with Crippen molar-refractivity contribution in [3.63, 3.8) is 0 Å². The Bertz CT molecular complexity index is 236. The molecule has 0 aromatic heterocycles. The summed E-state index contributed by atoms with van der Waals surface area (Å²) in [6, 6.07) is 0.504. The fourth-order valence-electron chi connectivity index (χ4n) is 2.90. The Hall–Kier alpha value is -0.730. The molecule has 0 spiro atoms. The van der Waals surface area contributed by atoms with Crippen molar-refractivity contribution in [3.8, 4) is 0 Å². The summed E-state index contributed by atoms with van der Waals surface area (Å²) in [5.41, 5.74) is 0. The van der Waals surface area contributed by atoms with Crippen LogP contribution in [0.5, 0.6) is 0 Å². The van der Waals surface area contributed by atoms with Crippen molar-refractivity contribution in [2.24, 2.45) is 11.8 Å². The summed E-state index contributed by atoms with van der Waals surface area (Å²) < 4.78 is 0. The van der Waals surface area contributed by atoms with Crippen LogP contribution in [-0.2, 0) is 0 Å². The Labute approximate surface area is 106 Å². The number of hydrogen-bond donors (Lipinski definition) is 1. The molecule has 0 aromatic carbocycles. The summed E-state index contributed by atoms with van der Waals surface area (Å²) in [5.74, 6) is 1.32. The molecule has 3 heteroatoms. The van der Waals surface area contributed by atoms with Crippen LogP contribution >= 0.6 is 0 Å². The highest BCUT2D eigenvalue weighted by Gasteiger charge is 2.29. The first kappa shape index (κ1) is 14.3. The number of rotatable bonds is 4. The molecule has 1 N–H and O–H groups in total. The lowest BCUT2D eigenvalue weighted by molar-refractivity contribution is 0.170. The second-order valence-electron chi connectivity index (χ2n) is 5.42. The molecule has 2 amide bonds. The normalized spacial score (nSPS) is 24.8. The third-order valence-corrected chi connectivity index (χ3v) is 4.04. The number of urea groups is 1. The largest absolute Gasteiger partial charge is 0.335 e. The molecule has 1 saturated carbocycles. The van der Waals surface area contributed by atoms with Gasteiger partial charge in [-0.1, -0.05) is 26.7 Å². The van der Waals surface area contributed by atoms with E-state index in [0.29, 0.717) is 17.9 Å². The van der Waals surface area contributed by atoms with Crippen LogP contribution in [0.3, 0.4) is 0 Å². The molecule has 1 aliphatic rings. The van der Waals surface area contributed by atoms with Gasteiger partial charge < -0.3 is 10.2 Å². The third-order valence-electron chi connectivity index (χ3n) is 4.04. The second-order valence-corrected chi connectivity index (χ2v) is 5.42. The van der Waals surface area contributed by atoms with Crippen LogP contribution in [0.4, 0.5) is 4.79 Å². The molecular formula is C14H28N2O. The van der Waals surface area contributed by atoms with Crippen molar-refractivity contribution < 1.29 is 4.79 Å². The molecule has 2 atom stereocenters. The van der Waals surface area contributed by atoms with E-state index in [1.54, 1.807) is 0 Å². The lowest BCUT2D eigenvalue weighted by Gasteiger charge is -2.36. The van der Waals surface area contributed by atoms with E-state index in [9.17, 15) is 4.79 Å². The SMILES string of the molecule is CCN(CC)C(=O)NC1CCCCC1C(C)C. The standard InChI is InChI=1S/C14H28N2O/c1-5-16(6-2)14(17)15-13-10-8-7-9-12(13)11(3)4/h11-13H,5-10H2,1-4H3,(H,15,17). The Morgan fingerprint density at radius 2 is 1.82 bits per heavy atom. The second kappa shape index (κ2) is 6.87. The van der Waals surface area contributed by atoms with Gasteiger partial charge in [-0.05, 0) is 38.5 Å². The Kier molecular flexibility index (Phi) is 5.79. The molecule has 0 saturated heterocycles. The van der Waals surface area contributed by atoms with Gasteiger partial charge in [0.25, 0.3) is 0 Å². The molecule has 0 radical (unpaired) electrons. The molecule has 0 heterocycles. The van der Waals surface area contributed by atoms with Gasteiger partial charge in [0.05, 0.1) is 0 Å². The van der Waals surface area contributed by atoms with Gasteiger partial charge in [-0.15, -0.1) is 0 Å². The molecule has 3 nitrogen and oxygen atoms in total. The van der Waals surface area contributed by atoms with Crippen LogP contribution in [0.15, 0.2) is 0 Å². The van der Waals surface area contributed by atoms with E-state index in [1.807, 2.05) is 18.7 Å². The Balaban J connectivity index is 2.55. The molecular weight excluding hydrogens is 212 g/mol. The van der Waals surface area contributed by atoms with E-state index in [2.05, 4.69) is 19.2 Å². The Morgan fingerprint density at radius 3 is 2.35 bits per heavy atom. The van der Waals surface area contributed by atoms with Crippen LogP contribution in [0, 0.1) is 11.8 Å². The summed E-state index contributed by atoms with van der Waals surface area (Å²) in [5, 5.41) is 3.24. The first-order chi connectivity index (χ1) is 8.10. The number of carbonyl (C=O) groups is 1. The topological polar surface area (TPSA) is 32.3 Å². The van der Waals surface area contributed by atoms with Gasteiger partial charge in [0.15, 0.2) is 0 Å². The maximum absolute atomic E-state index is 12.1. The highest BCUT2D eigenvalue weighted by atomic mass is 16.2. The maximum Gasteiger partial charge on any atom is 0.317 e. The van der Waals surface area contributed by atoms with E-state index in [1.165, 1.54) is 19.3 Å². The molecule has 0 aliphatic heterocycles. The first-order valence-electron chi connectivity index (χ1n) is 7.15. The Morgan fingerprint density at radius 1 is 1.24 bits per heavy atom. The van der Waals surface area contributed by atoms with Gasteiger partial charge in [0.1, 0.15) is 0 Å². The van der Waals surface area contributed by atoms with Crippen molar-refractivity contribution in [2.45, 2.75) is 59.4 Å². The fourth-order valence-corrected chi connectivity index (χ4v) is 2.90. The van der Waals surface area contributed by atoms with Crippen LogP contribution in [0.25, 0.3) is 0 Å². The summed E-state index contributed by atoms with van der Waals surface area (Å²) in [4.78, 5) is 13.9. The smallest absolute Gasteiger partial charge is 0.317 e. The van der Waals surface area contributed by atoms with Crippen LogP contribution in [-0.4, -0.2) is 30.1 Å². The summed E-state index contributed by atoms with van der Waals surface area (Å²) >= 11 is 0. The first-order valence-corrected chi connectivity index (χ1v) is 7.15. The maximum atomic E-state index is 12.1. The van der Waals surface area contributed by atoms with Crippen molar-refractivity contribution in [1.29, 1.82) is 0 Å². The predicted octanol–water partition coefficient (Wildman–Crippen LogP) is 3.25. The van der Waals surface area contributed by atoms with Gasteiger partial charge in [0, 0.05) is 19.1 Å². The summed E-state index contributed by atoms with van der Waals surface area (Å²) in [7, 11) is 0. The van der Waals surface area contributed by atoms with Gasteiger partial charge in [-0.3, -0.25) is 0 Å². The summed E-state index contributed by atoms with van der Waals surface area (Å²) in [6.45, 7) is 10.2. The van der Waals surface area contributed by atoms with Crippen LogP contribution < -0.4 is 5.32 Å². The van der Waals surface area contributed by atoms with Gasteiger partial charge in [-0.25, -0.2) is 4.79 Å². The van der Waals surface area contributed by atoms with Crippen molar-refractivity contribution in [2.75, 3.05) is 13.1 Å². The van der Waals surface area contributed by atoms with E-state index in [0.717, 1.165) is 19.5 Å². The molecule has 1 rings (SSSR count). The minimum absolute atomic E-state index is 0.118. The van der Waals surface area contributed by atoms with Crippen LogP contribution in [0.2, 0.25) is 0 Å². The highest BCUT2D eigenvalue weighted by Crippen LogP contribution is 2.30. The van der Waals surface area contributed by atoms with Gasteiger partial charge in [-0.2, -0.15) is 0 Å². The quantitative estimate of drug-likeness (QED) is 0.803. The molecule has 17 heavy (non-hydrogen) atoms. The zero-order valence-corrected chi connectivity index (χ0v) is 11.8. The minimum atomic E-state index is 0.118. The number of nitrogens with zero attached hydrogens (tertiary/aromatic N) is 1. The molecule has 0 bridgehead atoms. The van der Waals surface area contributed by atoms with Gasteiger partial charge in [0.2, 0.25) is 0 Å². The summed E-state index contributed by atoms with van der Waals surface area (Å²) in [6.07, 6.45) is 4.99. The molecule has 1 aliphatic carbocycles. The number of hydrogen-bond acceptors (Lipinski definition) is 1. The van der Waals surface area contributed by atoms with Crippen molar-refractivity contribution in [1.82, 2.24) is 10.2 Å². The molecule has 0 aromatic rings. The predicted molar refractivity (Wildman–Crippen MR) is 72.0 cm³/mol. The lowest BCUT2D eigenvalue weighted by atomic mass is 9.78. The monoisotopic (exact) mass is 240 g/mol. The fraction of sp³-hybridized carbons (Fsp3) is 0.929. The van der Waals surface area contributed by atoms with Crippen molar-refractivity contribution in [3.05, 3.63) is 0 Å². The number of nitrogens with one attached hydrogen (secondary N) is 1. The van der Waals surface area contributed by atoms with Crippen LogP contribution in [0.1, 0.15) is 53.4 Å². The van der Waals surface area contributed by atoms with Gasteiger partial charge >= 0.3 is 6.03 Å². The van der Waals surface area contributed by atoms with Crippen molar-refractivity contribution >= 4 is 6.03 Å². The average molecular weight is 240 g/mol.